The number of hydrogen-bond donors (Lipinski definition) is 1. The molecule has 1 aromatic carbocycles. The van der Waals surface area contributed by atoms with Crippen molar-refractivity contribution in [3.63, 3.8) is 0 Å². The second kappa shape index (κ2) is 5.90. The van der Waals surface area contributed by atoms with Crippen molar-refractivity contribution >= 4 is 22.4 Å². The largest absolute Gasteiger partial charge is 0.369 e. The van der Waals surface area contributed by atoms with Gasteiger partial charge in [0, 0.05) is 24.1 Å². The maximum absolute atomic E-state index is 10.8. The Morgan fingerprint density at radius 1 is 1.42 bits per heavy atom. The highest BCUT2D eigenvalue weighted by Crippen LogP contribution is 2.24. The van der Waals surface area contributed by atoms with E-state index in [4.69, 9.17) is 0 Å². The lowest BCUT2D eigenvalue weighted by Gasteiger charge is -2.06. The lowest BCUT2D eigenvalue weighted by molar-refractivity contribution is -0.384. The van der Waals surface area contributed by atoms with Gasteiger partial charge in [-0.05, 0) is 19.4 Å². The van der Waals surface area contributed by atoms with Crippen molar-refractivity contribution in [2.24, 2.45) is 0 Å². The molecule has 0 radical (unpaired) electrons. The van der Waals surface area contributed by atoms with E-state index < -0.39 is 4.92 Å². The lowest BCUT2D eigenvalue weighted by Crippen LogP contribution is -2.03. The normalized spacial score (nSPS) is 11.0. The summed E-state index contributed by atoms with van der Waals surface area (Å²) in [5, 5.41) is 14.6. The van der Waals surface area contributed by atoms with E-state index in [-0.39, 0.29) is 5.69 Å². The summed E-state index contributed by atoms with van der Waals surface area (Å²) in [5.74, 6) is 0.623. The highest BCUT2D eigenvalue weighted by atomic mass is 16.6. The summed E-state index contributed by atoms with van der Waals surface area (Å²) < 4.78 is 0. The summed E-state index contributed by atoms with van der Waals surface area (Å²) in [4.78, 5) is 18.6. The molecule has 2 rings (SSSR count). The second-order valence-electron chi connectivity index (χ2n) is 3.97. The molecule has 0 aliphatic heterocycles. The van der Waals surface area contributed by atoms with Crippen LogP contribution in [0.2, 0.25) is 0 Å². The SMILES string of the molecule is C/C=C/CCNc1ncnc2ccc([N+](=O)[O-])cc12. The Balaban J connectivity index is 2.31. The summed E-state index contributed by atoms with van der Waals surface area (Å²) in [7, 11) is 0. The average Bonchev–Trinajstić information content (AvgIpc) is 2.43. The van der Waals surface area contributed by atoms with Crippen LogP contribution in [0, 0.1) is 10.1 Å². The van der Waals surface area contributed by atoms with Crippen LogP contribution in [0.15, 0.2) is 36.7 Å². The minimum Gasteiger partial charge on any atom is -0.369 e. The molecule has 98 valence electrons. The highest BCUT2D eigenvalue weighted by molar-refractivity contribution is 5.90. The molecule has 19 heavy (non-hydrogen) atoms. The Hall–Kier alpha value is -2.50. The topological polar surface area (TPSA) is 81.0 Å². The van der Waals surface area contributed by atoms with Crippen molar-refractivity contribution in [3.05, 3.63) is 46.8 Å². The molecular weight excluding hydrogens is 244 g/mol. The molecule has 0 amide bonds. The number of rotatable bonds is 5. The van der Waals surface area contributed by atoms with Gasteiger partial charge in [0.25, 0.3) is 5.69 Å². The summed E-state index contributed by atoms with van der Waals surface area (Å²) in [5.41, 5.74) is 0.730. The molecule has 6 nitrogen and oxygen atoms in total. The number of anilines is 1. The van der Waals surface area contributed by atoms with E-state index in [9.17, 15) is 10.1 Å². The number of nitrogens with one attached hydrogen (secondary N) is 1. The number of non-ortho nitro benzene ring substituents is 1. The van der Waals surface area contributed by atoms with Gasteiger partial charge in [0.05, 0.1) is 10.4 Å². The smallest absolute Gasteiger partial charge is 0.270 e. The Kier molecular flexibility index (Phi) is 4.02. The summed E-state index contributed by atoms with van der Waals surface area (Å²) in [6.45, 7) is 2.68. The molecule has 0 unspecified atom stereocenters. The van der Waals surface area contributed by atoms with Crippen molar-refractivity contribution in [2.75, 3.05) is 11.9 Å². The number of nitro benzene ring substituents is 1. The first-order valence-electron chi connectivity index (χ1n) is 5.96. The van der Waals surface area contributed by atoms with Crippen LogP contribution in [0.4, 0.5) is 11.5 Å². The van der Waals surface area contributed by atoms with Crippen molar-refractivity contribution in [1.29, 1.82) is 0 Å². The molecule has 0 fully saturated rings. The van der Waals surface area contributed by atoms with Crippen LogP contribution in [-0.4, -0.2) is 21.4 Å². The Labute approximate surface area is 110 Å². The number of nitrogens with zero attached hydrogens (tertiary/aromatic N) is 3. The van der Waals surface area contributed by atoms with E-state index in [2.05, 4.69) is 15.3 Å². The molecule has 0 aliphatic carbocycles. The number of hydrogen-bond acceptors (Lipinski definition) is 5. The minimum atomic E-state index is -0.421. The summed E-state index contributed by atoms with van der Waals surface area (Å²) in [6.07, 6.45) is 6.34. The standard InChI is InChI=1S/C13H14N4O2/c1-2-3-4-7-14-13-11-8-10(17(18)19)5-6-12(11)15-9-16-13/h2-3,5-6,8-9H,4,7H2,1H3,(H,14,15,16)/b3-2+. The van der Waals surface area contributed by atoms with Crippen LogP contribution in [0.1, 0.15) is 13.3 Å². The predicted molar refractivity (Wildman–Crippen MR) is 74.1 cm³/mol. The molecule has 0 aliphatic rings. The molecule has 1 aromatic heterocycles. The fraction of sp³-hybridized carbons (Fsp3) is 0.231. The number of fused-ring (bicyclic) bond motifs is 1. The van der Waals surface area contributed by atoms with E-state index in [0.29, 0.717) is 16.7 Å². The predicted octanol–water partition coefficient (Wildman–Crippen LogP) is 2.92. The molecule has 0 spiro atoms. The van der Waals surface area contributed by atoms with Gasteiger partial charge in [-0.1, -0.05) is 12.2 Å². The third kappa shape index (κ3) is 3.04. The second-order valence-corrected chi connectivity index (χ2v) is 3.97. The van der Waals surface area contributed by atoms with Gasteiger partial charge >= 0.3 is 0 Å². The fourth-order valence-electron chi connectivity index (χ4n) is 1.74. The van der Waals surface area contributed by atoms with Crippen LogP contribution in [0.25, 0.3) is 10.9 Å². The molecule has 6 heteroatoms. The van der Waals surface area contributed by atoms with E-state index in [1.54, 1.807) is 6.07 Å². The van der Waals surface area contributed by atoms with Crippen molar-refractivity contribution in [2.45, 2.75) is 13.3 Å². The molecule has 0 atom stereocenters. The summed E-state index contributed by atoms with van der Waals surface area (Å²) >= 11 is 0. The quantitative estimate of drug-likeness (QED) is 0.386. The van der Waals surface area contributed by atoms with Gasteiger partial charge < -0.3 is 5.32 Å². The fourth-order valence-corrected chi connectivity index (χ4v) is 1.74. The van der Waals surface area contributed by atoms with E-state index in [1.807, 2.05) is 19.1 Å². The number of benzene rings is 1. The Morgan fingerprint density at radius 2 is 2.26 bits per heavy atom. The zero-order chi connectivity index (χ0) is 13.7. The van der Waals surface area contributed by atoms with Crippen LogP contribution in [0.3, 0.4) is 0 Å². The first kappa shape index (κ1) is 12.9. The van der Waals surface area contributed by atoms with Gasteiger partial charge in [0.15, 0.2) is 0 Å². The molecule has 0 bridgehead atoms. The summed E-state index contributed by atoms with van der Waals surface area (Å²) in [6, 6.07) is 4.57. The Morgan fingerprint density at radius 3 is 3.00 bits per heavy atom. The molecule has 1 N–H and O–H groups in total. The molecule has 0 saturated heterocycles. The van der Waals surface area contributed by atoms with Gasteiger partial charge in [0.2, 0.25) is 0 Å². The van der Waals surface area contributed by atoms with Crippen molar-refractivity contribution in [3.8, 4) is 0 Å². The van der Waals surface area contributed by atoms with Crippen molar-refractivity contribution in [1.82, 2.24) is 9.97 Å². The van der Waals surface area contributed by atoms with Crippen LogP contribution in [-0.2, 0) is 0 Å². The van der Waals surface area contributed by atoms with Crippen molar-refractivity contribution < 1.29 is 4.92 Å². The third-order valence-corrected chi connectivity index (χ3v) is 2.67. The van der Waals surface area contributed by atoms with Gasteiger partial charge in [-0.3, -0.25) is 10.1 Å². The van der Waals surface area contributed by atoms with Gasteiger partial charge in [-0.15, -0.1) is 0 Å². The van der Waals surface area contributed by atoms with Gasteiger partial charge in [-0.25, -0.2) is 9.97 Å². The molecule has 0 saturated carbocycles. The maximum atomic E-state index is 10.8. The number of allylic oxidation sites excluding steroid dienone is 1. The first-order valence-corrected chi connectivity index (χ1v) is 5.96. The first-order chi connectivity index (χ1) is 9.22. The average molecular weight is 258 g/mol. The lowest BCUT2D eigenvalue weighted by atomic mass is 10.2. The van der Waals surface area contributed by atoms with Gasteiger partial charge in [-0.2, -0.15) is 0 Å². The number of aromatic nitrogens is 2. The van der Waals surface area contributed by atoms with Crippen LogP contribution >= 0.6 is 0 Å². The van der Waals surface area contributed by atoms with E-state index in [0.717, 1.165) is 13.0 Å². The minimum absolute atomic E-state index is 0.0406. The molecule has 2 aromatic rings. The van der Waals surface area contributed by atoms with Gasteiger partial charge in [0.1, 0.15) is 12.1 Å². The van der Waals surface area contributed by atoms with Crippen LogP contribution in [0.5, 0.6) is 0 Å². The Bertz CT molecular complexity index is 625. The molecule has 1 heterocycles. The zero-order valence-corrected chi connectivity index (χ0v) is 10.5. The third-order valence-electron chi connectivity index (χ3n) is 2.67. The van der Waals surface area contributed by atoms with E-state index >= 15 is 0 Å². The highest BCUT2D eigenvalue weighted by Gasteiger charge is 2.10. The van der Waals surface area contributed by atoms with Crippen LogP contribution < -0.4 is 5.32 Å². The maximum Gasteiger partial charge on any atom is 0.270 e. The van der Waals surface area contributed by atoms with E-state index in [1.165, 1.54) is 18.5 Å². The molecular formula is C13H14N4O2. The zero-order valence-electron chi connectivity index (χ0n) is 10.5. The monoisotopic (exact) mass is 258 g/mol. The number of nitro groups is 1.